The number of aryl methyl sites for hydroxylation is 4. The van der Waals surface area contributed by atoms with Crippen molar-refractivity contribution in [3.63, 3.8) is 0 Å². The third kappa shape index (κ3) is 5.15. The van der Waals surface area contributed by atoms with E-state index in [0.717, 1.165) is 28.1 Å². The molecule has 0 unspecified atom stereocenters. The zero-order valence-electron chi connectivity index (χ0n) is 30.9. The summed E-state index contributed by atoms with van der Waals surface area (Å²) in [7, 11) is 0. The Bertz CT molecular complexity index is 2930. The van der Waals surface area contributed by atoms with Crippen molar-refractivity contribution in [2.75, 3.05) is 0 Å². The first-order valence-corrected chi connectivity index (χ1v) is 18.7. The minimum Gasteiger partial charge on any atom is -0.309 e. The molecule has 10 rings (SSSR count). The lowest BCUT2D eigenvalue weighted by molar-refractivity contribution is 1.18. The molecular weight excluding hydrogens is 655 g/mol. The number of benzene rings is 7. The Labute approximate surface area is 315 Å². The highest BCUT2D eigenvalue weighted by atomic mass is 15.0. The second kappa shape index (κ2) is 12.5. The number of aromatic nitrogens is 3. The van der Waals surface area contributed by atoms with E-state index in [4.69, 9.17) is 0 Å². The summed E-state index contributed by atoms with van der Waals surface area (Å²) in [6.45, 7) is 8.68. The van der Waals surface area contributed by atoms with Crippen molar-refractivity contribution in [1.29, 1.82) is 0 Å². The fourth-order valence-electron chi connectivity index (χ4n) is 8.49. The fourth-order valence-corrected chi connectivity index (χ4v) is 8.49. The van der Waals surface area contributed by atoms with Crippen LogP contribution in [0.1, 0.15) is 22.3 Å². The molecule has 3 aromatic heterocycles. The molecule has 0 fully saturated rings. The van der Waals surface area contributed by atoms with Crippen molar-refractivity contribution < 1.29 is 0 Å². The largest absolute Gasteiger partial charge is 0.309 e. The third-order valence-electron chi connectivity index (χ3n) is 11.0. The van der Waals surface area contributed by atoms with Crippen LogP contribution < -0.4 is 0 Å². The molecule has 0 aliphatic heterocycles. The second-order valence-corrected chi connectivity index (χ2v) is 14.8. The van der Waals surface area contributed by atoms with Gasteiger partial charge in [0.1, 0.15) is 0 Å². The Morgan fingerprint density at radius 2 is 0.778 bits per heavy atom. The van der Waals surface area contributed by atoms with Crippen molar-refractivity contribution >= 4 is 43.6 Å². The average molecular weight is 694 g/mol. The van der Waals surface area contributed by atoms with Crippen molar-refractivity contribution in [3.05, 3.63) is 186 Å². The summed E-state index contributed by atoms with van der Waals surface area (Å²) in [5.41, 5.74) is 19.2. The summed E-state index contributed by atoms with van der Waals surface area (Å²) in [6, 6.07) is 56.1. The van der Waals surface area contributed by atoms with Gasteiger partial charge < -0.3 is 9.13 Å². The van der Waals surface area contributed by atoms with Crippen molar-refractivity contribution in [2.24, 2.45) is 0 Å². The molecule has 0 aliphatic carbocycles. The SMILES string of the molecule is Cc1ccc2c(c1)c1cc(C)ccc1n2-c1ccc(-c2cccc(-c3cccnc3)c2-c2ccc(-n3c4ccc(C)cc4c4cc(C)ccc43)cc2)cc1. The van der Waals surface area contributed by atoms with Gasteiger partial charge in [0.25, 0.3) is 0 Å². The predicted molar refractivity (Wildman–Crippen MR) is 228 cm³/mol. The Kier molecular flexibility index (Phi) is 7.38. The Balaban J connectivity index is 1.12. The monoisotopic (exact) mass is 693 g/mol. The van der Waals surface area contributed by atoms with Gasteiger partial charge in [-0.3, -0.25) is 4.98 Å². The van der Waals surface area contributed by atoms with E-state index in [-0.39, 0.29) is 0 Å². The van der Waals surface area contributed by atoms with Crippen LogP contribution in [0.3, 0.4) is 0 Å². The molecule has 0 spiro atoms. The molecule has 0 bridgehead atoms. The van der Waals surface area contributed by atoms with Crippen LogP contribution in [-0.4, -0.2) is 14.1 Å². The number of rotatable bonds is 5. The Hall–Kier alpha value is -6.71. The minimum atomic E-state index is 1.10. The van der Waals surface area contributed by atoms with Crippen molar-refractivity contribution in [1.82, 2.24) is 14.1 Å². The number of hydrogen-bond donors (Lipinski definition) is 0. The van der Waals surface area contributed by atoms with Gasteiger partial charge in [-0.25, -0.2) is 0 Å². The summed E-state index contributed by atoms with van der Waals surface area (Å²) in [5, 5.41) is 5.16. The van der Waals surface area contributed by atoms with E-state index < -0.39 is 0 Å². The summed E-state index contributed by atoms with van der Waals surface area (Å²) in [4.78, 5) is 4.51. The van der Waals surface area contributed by atoms with Gasteiger partial charge in [0.15, 0.2) is 0 Å². The van der Waals surface area contributed by atoms with E-state index in [2.05, 4.69) is 187 Å². The summed E-state index contributed by atoms with van der Waals surface area (Å²) in [6.07, 6.45) is 3.81. The molecule has 0 amide bonds. The van der Waals surface area contributed by atoms with E-state index in [0.29, 0.717) is 0 Å². The average Bonchev–Trinajstić information content (AvgIpc) is 3.69. The molecule has 54 heavy (non-hydrogen) atoms. The van der Waals surface area contributed by atoms with E-state index in [1.54, 1.807) is 0 Å². The molecule has 258 valence electrons. The van der Waals surface area contributed by atoms with Gasteiger partial charge in [-0.15, -0.1) is 0 Å². The van der Waals surface area contributed by atoms with Crippen molar-refractivity contribution in [3.8, 4) is 44.8 Å². The highest BCUT2D eigenvalue weighted by Crippen LogP contribution is 2.42. The molecule has 0 N–H and O–H groups in total. The van der Waals surface area contributed by atoms with Gasteiger partial charge in [0.05, 0.1) is 22.1 Å². The lowest BCUT2D eigenvalue weighted by Gasteiger charge is -2.17. The molecule has 0 radical (unpaired) electrons. The second-order valence-electron chi connectivity index (χ2n) is 14.8. The van der Waals surface area contributed by atoms with Crippen LogP contribution in [0.4, 0.5) is 0 Å². The standard InChI is InChI=1S/C51H39N3/c1-32-10-22-47-43(27-32)44-28-33(2)11-23-48(44)53(47)39-18-14-36(15-19-39)41-8-5-9-42(38-7-6-26-52-31-38)51(41)37-16-20-40(21-17-37)54-49-24-12-34(3)29-45(49)46-30-35(4)13-25-50(46)54/h5-31H,1-4H3. The smallest absolute Gasteiger partial charge is 0.0541 e. The van der Waals surface area contributed by atoms with Crippen LogP contribution in [0.5, 0.6) is 0 Å². The molecule has 0 atom stereocenters. The van der Waals surface area contributed by atoms with Gasteiger partial charge in [-0.1, -0.05) is 95.1 Å². The van der Waals surface area contributed by atoms with E-state index in [1.807, 2.05) is 18.5 Å². The van der Waals surface area contributed by atoms with Crippen LogP contribution in [0.25, 0.3) is 88.4 Å². The first-order valence-electron chi connectivity index (χ1n) is 18.7. The molecule has 0 saturated carbocycles. The van der Waals surface area contributed by atoms with Crippen molar-refractivity contribution in [2.45, 2.75) is 27.7 Å². The first-order chi connectivity index (χ1) is 26.4. The highest BCUT2D eigenvalue weighted by molar-refractivity contribution is 6.11. The van der Waals surface area contributed by atoms with Crippen LogP contribution in [-0.2, 0) is 0 Å². The number of fused-ring (bicyclic) bond motifs is 6. The molecule has 0 saturated heterocycles. The topological polar surface area (TPSA) is 22.8 Å². The summed E-state index contributed by atoms with van der Waals surface area (Å²) < 4.78 is 4.80. The van der Waals surface area contributed by atoms with Gasteiger partial charge >= 0.3 is 0 Å². The molecule has 10 aromatic rings. The summed E-state index contributed by atoms with van der Waals surface area (Å²) >= 11 is 0. The third-order valence-corrected chi connectivity index (χ3v) is 11.0. The van der Waals surface area contributed by atoms with Crippen LogP contribution >= 0.6 is 0 Å². The lowest BCUT2D eigenvalue weighted by Crippen LogP contribution is -1.96. The number of pyridine rings is 1. The number of hydrogen-bond acceptors (Lipinski definition) is 1. The Morgan fingerprint density at radius 1 is 0.370 bits per heavy atom. The van der Waals surface area contributed by atoms with Crippen LogP contribution in [0.2, 0.25) is 0 Å². The van der Waals surface area contributed by atoms with Gasteiger partial charge in [-0.05, 0) is 134 Å². The normalized spacial score (nSPS) is 11.7. The van der Waals surface area contributed by atoms with E-state index >= 15 is 0 Å². The van der Waals surface area contributed by atoms with E-state index in [9.17, 15) is 0 Å². The van der Waals surface area contributed by atoms with Gasteiger partial charge in [0.2, 0.25) is 0 Å². The highest BCUT2D eigenvalue weighted by Gasteiger charge is 2.18. The zero-order valence-corrected chi connectivity index (χ0v) is 30.9. The van der Waals surface area contributed by atoms with Crippen LogP contribution in [0.15, 0.2) is 164 Å². The maximum atomic E-state index is 4.51. The maximum Gasteiger partial charge on any atom is 0.0541 e. The summed E-state index contributed by atoms with van der Waals surface area (Å²) in [5.74, 6) is 0. The molecular formula is C51H39N3. The van der Waals surface area contributed by atoms with Gasteiger partial charge in [-0.2, -0.15) is 0 Å². The fraction of sp³-hybridized carbons (Fsp3) is 0.0784. The predicted octanol–water partition coefficient (Wildman–Crippen LogP) is 13.5. The maximum absolute atomic E-state index is 4.51. The molecule has 0 aliphatic rings. The Morgan fingerprint density at radius 3 is 1.19 bits per heavy atom. The lowest BCUT2D eigenvalue weighted by atomic mass is 9.88. The quantitative estimate of drug-likeness (QED) is 0.176. The minimum absolute atomic E-state index is 1.10. The van der Waals surface area contributed by atoms with E-state index in [1.165, 1.54) is 82.6 Å². The van der Waals surface area contributed by atoms with Crippen LogP contribution in [0, 0.1) is 27.7 Å². The first kappa shape index (κ1) is 32.0. The zero-order chi connectivity index (χ0) is 36.5. The molecule has 3 heterocycles. The molecule has 7 aromatic carbocycles. The molecule has 3 nitrogen and oxygen atoms in total. The number of nitrogens with zero attached hydrogens (tertiary/aromatic N) is 3. The molecule has 3 heteroatoms. The van der Waals surface area contributed by atoms with Gasteiger partial charge in [0, 0.05) is 50.9 Å².